The maximum absolute atomic E-state index is 11.0. The van der Waals surface area contributed by atoms with E-state index in [1.165, 1.54) is 20.4 Å². The number of carbonyl (C=O) groups excluding carboxylic acids is 1. The van der Waals surface area contributed by atoms with Crippen LogP contribution in [-0.4, -0.2) is 41.5 Å². The van der Waals surface area contributed by atoms with Crippen molar-refractivity contribution in [3.8, 4) is 5.88 Å². The summed E-state index contributed by atoms with van der Waals surface area (Å²) in [6, 6.07) is 2.07. The molecule has 0 bridgehead atoms. The Hall–Kier alpha value is -2.11. The van der Waals surface area contributed by atoms with Gasteiger partial charge in [-0.3, -0.25) is 4.79 Å². The van der Waals surface area contributed by atoms with Gasteiger partial charge in [0, 0.05) is 24.9 Å². The number of carboxylic acids is 1. The van der Waals surface area contributed by atoms with Crippen LogP contribution in [0.2, 0.25) is 0 Å². The molecule has 0 aromatic carbocycles. The van der Waals surface area contributed by atoms with E-state index in [-0.39, 0.29) is 0 Å². The van der Waals surface area contributed by atoms with E-state index in [4.69, 9.17) is 9.84 Å². The topological polar surface area (TPSA) is 79.7 Å². The molecule has 1 N–H and O–H groups in total. The molecule has 86 valence electrons. The highest BCUT2D eigenvalue weighted by atomic mass is 16.5. The second-order valence-electron chi connectivity index (χ2n) is 3.15. The Morgan fingerprint density at radius 3 is 2.69 bits per heavy atom. The minimum absolute atomic E-state index is 0.390. The van der Waals surface area contributed by atoms with Crippen LogP contribution < -0.4 is 4.74 Å². The fraction of sp³-hybridized carbons (Fsp3) is 0.300. The number of ether oxygens (including phenoxy) is 1. The lowest BCUT2D eigenvalue weighted by molar-refractivity contribution is -0.145. The van der Waals surface area contributed by atoms with Gasteiger partial charge in [-0.15, -0.1) is 0 Å². The third-order valence-electron chi connectivity index (χ3n) is 2.09. The fourth-order valence-corrected chi connectivity index (χ4v) is 1.29. The molecule has 6 heteroatoms. The van der Waals surface area contributed by atoms with Crippen molar-refractivity contribution < 1.29 is 19.4 Å². The molecular formula is C10H12N2O4. The van der Waals surface area contributed by atoms with Gasteiger partial charge in [0.1, 0.15) is 0 Å². The highest BCUT2D eigenvalue weighted by Gasteiger charge is 2.24. The van der Waals surface area contributed by atoms with E-state index in [1.807, 2.05) is 0 Å². The summed E-state index contributed by atoms with van der Waals surface area (Å²) in [6.07, 6.45) is 1.83. The van der Waals surface area contributed by atoms with Crippen molar-refractivity contribution >= 4 is 12.4 Å². The number of nitrogens with zero attached hydrogens (tertiary/aromatic N) is 2. The number of methoxy groups -OCH3 is 1. The lowest BCUT2D eigenvalue weighted by Crippen LogP contribution is -2.29. The molecule has 1 unspecified atom stereocenters. The summed E-state index contributed by atoms with van der Waals surface area (Å²) >= 11 is 0. The number of amides is 1. The van der Waals surface area contributed by atoms with Crippen molar-refractivity contribution in [3.05, 3.63) is 23.9 Å². The van der Waals surface area contributed by atoms with E-state index in [1.54, 1.807) is 12.1 Å². The second kappa shape index (κ2) is 5.11. The van der Waals surface area contributed by atoms with Crippen LogP contribution in [0.4, 0.5) is 0 Å². The highest BCUT2D eigenvalue weighted by Crippen LogP contribution is 2.19. The molecule has 0 fully saturated rings. The summed E-state index contributed by atoms with van der Waals surface area (Å²) < 4.78 is 4.85. The minimum Gasteiger partial charge on any atom is -0.481 e. The van der Waals surface area contributed by atoms with Gasteiger partial charge in [0.25, 0.3) is 0 Å². The van der Waals surface area contributed by atoms with E-state index in [2.05, 4.69) is 4.98 Å². The fourth-order valence-electron chi connectivity index (χ4n) is 1.29. The predicted octanol–water partition coefficient (Wildman–Crippen LogP) is 0.304. The number of carboxylic acid groups (broad SMARTS) is 1. The molecule has 0 aliphatic carbocycles. The summed E-state index contributed by atoms with van der Waals surface area (Å²) in [5, 5.41) is 9.00. The Bertz CT molecular complexity index is 377. The largest absolute Gasteiger partial charge is 0.481 e. The Balaban J connectivity index is 3.01. The summed E-state index contributed by atoms with van der Waals surface area (Å²) in [6.45, 7) is 0. The molecule has 16 heavy (non-hydrogen) atoms. The first-order valence-electron chi connectivity index (χ1n) is 4.50. The van der Waals surface area contributed by atoms with Crippen LogP contribution in [0.25, 0.3) is 0 Å². The average molecular weight is 224 g/mol. The molecule has 1 atom stereocenters. The Kier molecular flexibility index (Phi) is 3.82. The zero-order chi connectivity index (χ0) is 12.1. The third kappa shape index (κ3) is 2.47. The van der Waals surface area contributed by atoms with E-state index < -0.39 is 12.0 Å². The van der Waals surface area contributed by atoms with Crippen LogP contribution in [0.1, 0.15) is 11.6 Å². The Morgan fingerprint density at radius 1 is 1.62 bits per heavy atom. The van der Waals surface area contributed by atoms with Crippen LogP contribution in [-0.2, 0) is 9.59 Å². The standard InChI is InChI=1S/C10H12N2O4/c1-12(6-13)9(10(14)15)7-3-4-8(16-2)11-5-7/h3-6,9H,1-2H3,(H,14,15). The molecule has 1 aromatic rings. The molecule has 0 spiro atoms. The highest BCUT2D eigenvalue weighted by molar-refractivity contribution is 5.77. The molecule has 1 heterocycles. The van der Waals surface area contributed by atoms with Crippen molar-refractivity contribution in [2.75, 3.05) is 14.2 Å². The van der Waals surface area contributed by atoms with E-state index in [0.717, 1.165) is 4.90 Å². The van der Waals surface area contributed by atoms with Crippen LogP contribution in [0, 0.1) is 0 Å². The molecule has 6 nitrogen and oxygen atoms in total. The molecule has 0 aliphatic heterocycles. The molecule has 0 saturated heterocycles. The van der Waals surface area contributed by atoms with Crippen molar-refractivity contribution in [2.45, 2.75) is 6.04 Å². The number of hydrogen-bond acceptors (Lipinski definition) is 4. The maximum Gasteiger partial charge on any atom is 0.331 e. The summed E-state index contributed by atoms with van der Waals surface area (Å²) in [5.41, 5.74) is 0.419. The number of rotatable bonds is 5. The lowest BCUT2D eigenvalue weighted by atomic mass is 10.1. The quantitative estimate of drug-likeness (QED) is 0.728. The summed E-state index contributed by atoms with van der Waals surface area (Å²) in [4.78, 5) is 26.5. The Labute approximate surface area is 92.5 Å². The molecule has 0 radical (unpaired) electrons. The van der Waals surface area contributed by atoms with Gasteiger partial charge in [-0.25, -0.2) is 9.78 Å². The number of aliphatic carboxylic acids is 1. The number of carbonyl (C=O) groups is 2. The van der Waals surface area contributed by atoms with Gasteiger partial charge < -0.3 is 14.7 Å². The molecule has 1 amide bonds. The number of pyridine rings is 1. The van der Waals surface area contributed by atoms with Gasteiger partial charge in [-0.05, 0) is 6.07 Å². The second-order valence-corrected chi connectivity index (χ2v) is 3.15. The van der Waals surface area contributed by atoms with Gasteiger partial charge in [-0.2, -0.15) is 0 Å². The Morgan fingerprint density at radius 2 is 2.31 bits per heavy atom. The van der Waals surface area contributed by atoms with Crippen LogP contribution >= 0.6 is 0 Å². The first-order valence-corrected chi connectivity index (χ1v) is 4.50. The minimum atomic E-state index is -1.11. The molecule has 1 rings (SSSR count). The lowest BCUT2D eigenvalue weighted by Gasteiger charge is -2.20. The van der Waals surface area contributed by atoms with Crippen LogP contribution in [0.3, 0.4) is 0 Å². The zero-order valence-electron chi connectivity index (χ0n) is 8.95. The maximum atomic E-state index is 11.0. The number of hydrogen-bond donors (Lipinski definition) is 1. The number of likely N-dealkylation sites (N-methyl/N-ethyl adjacent to an activating group) is 1. The summed E-state index contributed by atoms with van der Waals surface area (Å²) in [5.74, 6) is -0.719. The average Bonchev–Trinajstić information content (AvgIpc) is 2.29. The number of aromatic nitrogens is 1. The van der Waals surface area contributed by atoms with Gasteiger partial charge in [-0.1, -0.05) is 0 Å². The van der Waals surface area contributed by atoms with E-state index in [9.17, 15) is 9.59 Å². The SMILES string of the molecule is COc1ccc(C(C(=O)O)N(C)C=O)cn1. The van der Waals surface area contributed by atoms with Gasteiger partial charge in [0.2, 0.25) is 12.3 Å². The predicted molar refractivity (Wildman–Crippen MR) is 55.0 cm³/mol. The molecular weight excluding hydrogens is 212 g/mol. The summed E-state index contributed by atoms with van der Waals surface area (Å²) in [7, 11) is 2.87. The molecule has 0 saturated carbocycles. The monoisotopic (exact) mass is 224 g/mol. The van der Waals surface area contributed by atoms with E-state index >= 15 is 0 Å². The first-order chi connectivity index (χ1) is 7.60. The smallest absolute Gasteiger partial charge is 0.331 e. The van der Waals surface area contributed by atoms with Gasteiger partial charge in [0.05, 0.1) is 7.11 Å². The van der Waals surface area contributed by atoms with Crippen LogP contribution in [0.5, 0.6) is 5.88 Å². The third-order valence-corrected chi connectivity index (χ3v) is 2.09. The van der Waals surface area contributed by atoms with Crippen molar-refractivity contribution in [1.29, 1.82) is 0 Å². The van der Waals surface area contributed by atoms with E-state index in [0.29, 0.717) is 17.9 Å². The zero-order valence-corrected chi connectivity index (χ0v) is 8.95. The normalized spacial score (nSPS) is 11.6. The molecule has 0 aliphatic rings. The van der Waals surface area contributed by atoms with Crippen LogP contribution in [0.15, 0.2) is 18.3 Å². The van der Waals surface area contributed by atoms with Crippen molar-refractivity contribution in [3.63, 3.8) is 0 Å². The van der Waals surface area contributed by atoms with Gasteiger partial charge in [0.15, 0.2) is 6.04 Å². The first kappa shape index (κ1) is 12.0. The van der Waals surface area contributed by atoms with Gasteiger partial charge >= 0.3 is 5.97 Å². The van der Waals surface area contributed by atoms with Crippen molar-refractivity contribution in [2.24, 2.45) is 0 Å². The van der Waals surface area contributed by atoms with Crippen molar-refractivity contribution in [1.82, 2.24) is 9.88 Å². The molecule has 1 aromatic heterocycles.